The lowest BCUT2D eigenvalue weighted by atomic mass is 10.0. The van der Waals surface area contributed by atoms with Crippen LogP contribution < -0.4 is 24.4 Å². The molecule has 0 atom stereocenters. The van der Waals surface area contributed by atoms with Crippen molar-refractivity contribution in [2.75, 3.05) is 31.5 Å². The molecule has 0 spiro atoms. The van der Waals surface area contributed by atoms with E-state index in [4.69, 9.17) is 14.2 Å². The number of methoxy groups -OCH3 is 3. The average Bonchev–Trinajstić information content (AvgIpc) is 3.08. The zero-order valence-corrected chi connectivity index (χ0v) is 18.8. The first-order chi connectivity index (χ1) is 16.0. The second kappa shape index (κ2) is 9.08. The number of carbonyl (C=O) groups is 2. The molecule has 0 bridgehead atoms. The summed E-state index contributed by atoms with van der Waals surface area (Å²) in [5.41, 5.74) is 2.95. The SMILES string of the molecule is COc1ccc(C)cc1NC1=C(c2ccc(OC)c(OC)c2)C(=O)N(c2ccccc2)C1=O. The van der Waals surface area contributed by atoms with E-state index in [0.29, 0.717) is 34.2 Å². The average molecular weight is 444 g/mol. The number of imide groups is 1. The van der Waals surface area contributed by atoms with Crippen molar-refractivity contribution in [3.05, 3.63) is 83.6 Å². The Labute approximate surface area is 192 Å². The van der Waals surface area contributed by atoms with Gasteiger partial charge in [-0.3, -0.25) is 9.59 Å². The Kier molecular flexibility index (Phi) is 6.04. The number of amides is 2. The molecule has 7 heteroatoms. The Morgan fingerprint density at radius 2 is 1.39 bits per heavy atom. The van der Waals surface area contributed by atoms with Gasteiger partial charge in [-0.1, -0.05) is 30.3 Å². The highest BCUT2D eigenvalue weighted by molar-refractivity contribution is 6.46. The lowest BCUT2D eigenvalue weighted by Crippen LogP contribution is -2.32. The Bertz CT molecular complexity index is 1250. The number of benzene rings is 3. The molecule has 3 aromatic carbocycles. The van der Waals surface area contributed by atoms with Gasteiger partial charge in [0.15, 0.2) is 11.5 Å². The molecule has 3 aromatic rings. The maximum Gasteiger partial charge on any atom is 0.282 e. The monoisotopic (exact) mass is 444 g/mol. The number of para-hydroxylation sites is 1. The highest BCUT2D eigenvalue weighted by atomic mass is 16.5. The van der Waals surface area contributed by atoms with Crippen LogP contribution >= 0.6 is 0 Å². The first-order valence-electron chi connectivity index (χ1n) is 10.3. The van der Waals surface area contributed by atoms with E-state index < -0.39 is 11.8 Å². The Morgan fingerprint density at radius 3 is 2.06 bits per heavy atom. The molecule has 2 amide bonds. The Balaban J connectivity index is 1.88. The van der Waals surface area contributed by atoms with Crippen molar-refractivity contribution in [1.29, 1.82) is 0 Å². The van der Waals surface area contributed by atoms with Crippen LogP contribution in [0.4, 0.5) is 11.4 Å². The minimum Gasteiger partial charge on any atom is -0.495 e. The third-order valence-corrected chi connectivity index (χ3v) is 5.39. The van der Waals surface area contributed by atoms with Gasteiger partial charge in [0.25, 0.3) is 11.8 Å². The maximum atomic E-state index is 13.6. The number of ether oxygens (including phenoxy) is 3. The normalized spacial score (nSPS) is 13.4. The number of hydrogen-bond acceptors (Lipinski definition) is 6. The minimum absolute atomic E-state index is 0.153. The van der Waals surface area contributed by atoms with Crippen LogP contribution in [-0.2, 0) is 9.59 Å². The van der Waals surface area contributed by atoms with Crippen LogP contribution in [0.5, 0.6) is 17.2 Å². The molecule has 1 aliphatic rings. The molecule has 1 heterocycles. The molecule has 0 radical (unpaired) electrons. The van der Waals surface area contributed by atoms with E-state index in [-0.39, 0.29) is 11.3 Å². The molecule has 1 N–H and O–H groups in total. The predicted molar refractivity (Wildman–Crippen MR) is 127 cm³/mol. The predicted octanol–water partition coefficient (Wildman–Crippen LogP) is 4.42. The largest absolute Gasteiger partial charge is 0.495 e. The fraction of sp³-hybridized carbons (Fsp3) is 0.154. The zero-order valence-electron chi connectivity index (χ0n) is 18.8. The van der Waals surface area contributed by atoms with E-state index in [2.05, 4.69) is 5.32 Å². The quantitative estimate of drug-likeness (QED) is 0.544. The van der Waals surface area contributed by atoms with E-state index >= 15 is 0 Å². The van der Waals surface area contributed by atoms with Crippen LogP contribution in [0.25, 0.3) is 5.57 Å². The van der Waals surface area contributed by atoms with E-state index in [1.807, 2.05) is 31.2 Å². The van der Waals surface area contributed by atoms with Crippen molar-refractivity contribution in [3.8, 4) is 17.2 Å². The van der Waals surface area contributed by atoms with Crippen molar-refractivity contribution in [2.45, 2.75) is 6.92 Å². The molecule has 0 saturated carbocycles. The molecule has 7 nitrogen and oxygen atoms in total. The third-order valence-electron chi connectivity index (χ3n) is 5.39. The number of hydrogen-bond donors (Lipinski definition) is 1. The second-order valence-corrected chi connectivity index (χ2v) is 7.43. The Hall–Kier alpha value is -4.26. The Morgan fingerprint density at radius 1 is 0.727 bits per heavy atom. The summed E-state index contributed by atoms with van der Waals surface area (Å²) in [4.78, 5) is 28.3. The maximum absolute atomic E-state index is 13.6. The number of nitrogens with zero attached hydrogens (tertiary/aromatic N) is 1. The van der Waals surface area contributed by atoms with E-state index in [1.165, 1.54) is 14.2 Å². The molecule has 0 aliphatic carbocycles. The zero-order chi connectivity index (χ0) is 23.5. The smallest absolute Gasteiger partial charge is 0.282 e. The molecule has 0 fully saturated rings. The van der Waals surface area contributed by atoms with Crippen molar-refractivity contribution < 1.29 is 23.8 Å². The summed E-state index contributed by atoms with van der Waals surface area (Å²) in [6.45, 7) is 1.94. The number of aryl methyl sites for hydroxylation is 1. The van der Waals surface area contributed by atoms with Gasteiger partial charge in [0, 0.05) is 0 Å². The van der Waals surface area contributed by atoms with Crippen LogP contribution in [0.2, 0.25) is 0 Å². The standard InChI is InChI=1S/C26H24N2O5/c1-16-10-12-20(31-2)19(14-16)27-24-23(17-11-13-21(32-3)22(15-17)33-4)25(29)28(26(24)30)18-8-6-5-7-9-18/h5-15,27H,1-4H3. The van der Waals surface area contributed by atoms with E-state index in [0.717, 1.165) is 10.5 Å². The first-order valence-corrected chi connectivity index (χ1v) is 10.3. The van der Waals surface area contributed by atoms with Gasteiger partial charge in [-0.2, -0.15) is 0 Å². The first kappa shape index (κ1) is 22.0. The summed E-state index contributed by atoms with van der Waals surface area (Å²) >= 11 is 0. The third kappa shape index (κ3) is 4.01. The fourth-order valence-corrected chi connectivity index (χ4v) is 3.77. The van der Waals surface area contributed by atoms with Gasteiger partial charge in [-0.05, 0) is 54.4 Å². The number of carbonyl (C=O) groups excluding carboxylic acids is 2. The highest BCUT2D eigenvalue weighted by Gasteiger charge is 2.40. The van der Waals surface area contributed by atoms with Crippen LogP contribution in [0.3, 0.4) is 0 Å². The lowest BCUT2D eigenvalue weighted by Gasteiger charge is -2.16. The van der Waals surface area contributed by atoms with Crippen LogP contribution in [-0.4, -0.2) is 33.1 Å². The molecule has 0 saturated heterocycles. The fourth-order valence-electron chi connectivity index (χ4n) is 3.77. The molecule has 33 heavy (non-hydrogen) atoms. The summed E-state index contributed by atoms with van der Waals surface area (Å²) in [6, 6.07) is 19.5. The molecular weight excluding hydrogens is 420 g/mol. The van der Waals surface area contributed by atoms with E-state index in [9.17, 15) is 9.59 Å². The van der Waals surface area contributed by atoms with Gasteiger partial charge in [-0.25, -0.2) is 4.90 Å². The second-order valence-electron chi connectivity index (χ2n) is 7.43. The summed E-state index contributed by atoms with van der Waals surface area (Å²) in [5, 5.41) is 3.17. The molecule has 168 valence electrons. The van der Waals surface area contributed by atoms with Crippen LogP contribution in [0, 0.1) is 6.92 Å². The van der Waals surface area contributed by atoms with Gasteiger partial charge >= 0.3 is 0 Å². The molecule has 1 aliphatic heterocycles. The van der Waals surface area contributed by atoms with Gasteiger partial charge in [-0.15, -0.1) is 0 Å². The number of anilines is 2. The number of nitrogens with one attached hydrogen (secondary N) is 1. The van der Waals surface area contributed by atoms with Gasteiger partial charge < -0.3 is 19.5 Å². The van der Waals surface area contributed by atoms with Crippen molar-refractivity contribution in [1.82, 2.24) is 0 Å². The summed E-state index contributed by atoms with van der Waals surface area (Å²) in [5.74, 6) is 0.632. The van der Waals surface area contributed by atoms with Crippen LogP contribution in [0.1, 0.15) is 11.1 Å². The summed E-state index contributed by atoms with van der Waals surface area (Å²) < 4.78 is 16.2. The topological polar surface area (TPSA) is 77.1 Å². The highest BCUT2D eigenvalue weighted by Crippen LogP contribution is 2.38. The van der Waals surface area contributed by atoms with Crippen molar-refractivity contribution in [3.63, 3.8) is 0 Å². The van der Waals surface area contributed by atoms with E-state index in [1.54, 1.807) is 49.6 Å². The van der Waals surface area contributed by atoms with Crippen molar-refractivity contribution >= 4 is 28.8 Å². The molecule has 4 rings (SSSR count). The molecule has 0 aromatic heterocycles. The van der Waals surface area contributed by atoms with Gasteiger partial charge in [0.2, 0.25) is 0 Å². The minimum atomic E-state index is -0.459. The van der Waals surface area contributed by atoms with Gasteiger partial charge in [0.1, 0.15) is 11.4 Å². The summed E-state index contributed by atoms with van der Waals surface area (Å²) in [7, 11) is 4.61. The van der Waals surface area contributed by atoms with Gasteiger partial charge in [0.05, 0.1) is 38.3 Å². The number of rotatable bonds is 7. The van der Waals surface area contributed by atoms with Crippen LogP contribution in [0.15, 0.2) is 72.4 Å². The molecular formula is C26H24N2O5. The lowest BCUT2D eigenvalue weighted by molar-refractivity contribution is -0.120. The summed E-state index contributed by atoms with van der Waals surface area (Å²) in [6.07, 6.45) is 0. The molecule has 0 unspecified atom stereocenters. The van der Waals surface area contributed by atoms with Crippen molar-refractivity contribution in [2.24, 2.45) is 0 Å².